The van der Waals surface area contributed by atoms with E-state index in [0.29, 0.717) is 0 Å². The summed E-state index contributed by atoms with van der Waals surface area (Å²) in [7, 11) is 1.76. The molecule has 0 aromatic rings. The Morgan fingerprint density at radius 2 is 2.36 bits per heavy atom. The Bertz CT molecular complexity index is 313. The van der Waals surface area contributed by atoms with Crippen molar-refractivity contribution in [2.24, 2.45) is 21.6 Å². The Morgan fingerprint density at radius 3 is 2.93 bits per heavy atom. The van der Waals surface area contributed by atoms with Gasteiger partial charge in [0.1, 0.15) is 0 Å². The fourth-order valence-corrected chi connectivity index (χ4v) is 1.89. The molecule has 2 unspecified atom stereocenters. The zero-order chi connectivity index (χ0) is 10.6. The molecule has 0 saturated carbocycles. The van der Waals surface area contributed by atoms with Gasteiger partial charge in [0.2, 0.25) is 0 Å². The molecule has 2 N–H and O–H groups in total. The first-order chi connectivity index (χ1) is 6.70. The average Bonchev–Trinajstić information content (AvgIpc) is 2.17. The van der Waals surface area contributed by atoms with Crippen molar-refractivity contribution in [3.05, 3.63) is 11.3 Å². The highest BCUT2D eigenvalue weighted by atomic mass is 32.1. The molecule has 0 radical (unpaired) electrons. The number of rotatable bonds is 2. The SMILES string of the molecule is CN=CC1C(C)=C(N=C=S)CCC1N. The normalized spacial score (nSPS) is 27.9. The summed E-state index contributed by atoms with van der Waals surface area (Å²) in [6, 6.07) is 0.155. The predicted octanol–water partition coefficient (Wildman–Crippen LogP) is 1.80. The van der Waals surface area contributed by atoms with Gasteiger partial charge in [0.05, 0.1) is 10.9 Å². The zero-order valence-electron chi connectivity index (χ0n) is 8.53. The zero-order valence-corrected chi connectivity index (χ0v) is 9.34. The number of thiocarbonyl (C=S) groups is 1. The second-order valence-corrected chi connectivity index (χ2v) is 3.65. The monoisotopic (exact) mass is 209 g/mol. The predicted molar refractivity (Wildman–Crippen MR) is 62.8 cm³/mol. The smallest absolute Gasteiger partial charge is 0.0637 e. The van der Waals surface area contributed by atoms with Crippen LogP contribution in [-0.2, 0) is 0 Å². The first kappa shape index (κ1) is 11.2. The molecule has 0 bridgehead atoms. The van der Waals surface area contributed by atoms with Crippen LogP contribution in [0.5, 0.6) is 0 Å². The topological polar surface area (TPSA) is 50.7 Å². The Hall–Kier alpha value is -0.830. The third-order valence-electron chi connectivity index (χ3n) is 2.62. The fourth-order valence-electron chi connectivity index (χ4n) is 1.78. The fraction of sp³-hybridized carbons (Fsp3) is 0.600. The summed E-state index contributed by atoms with van der Waals surface area (Å²) in [6.07, 6.45) is 3.71. The molecule has 0 aromatic carbocycles. The first-order valence-electron chi connectivity index (χ1n) is 4.66. The van der Waals surface area contributed by atoms with Gasteiger partial charge in [0.15, 0.2) is 0 Å². The Kier molecular flexibility index (Phi) is 4.14. The van der Waals surface area contributed by atoms with Crippen LogP contribution in [-0.4, -0.2) is 24.5 Å². The molecule has 1 rings (SSSR count). The highest BCUT2D eigenvalue weighted by Crippen LogP contribution is 2.28. The summed E-state index contributed by atoms with van der Waals surface area (Å²) < 4.78 is 0. The quantitative estimate of drug-likeness (QED) is 0.557. The van der Waals surface area contributed by atoms with Crippen LogP contribution in [0.4, 0.5) is 0 Å². The molecule has 0 amide bonds. The maximum absolute atomic E-state index is 6.00. The van der Waals surface area contributed by atoms with Crippen LogP contribution in [0.2, 0.25) is 0 Å². The van der Waals surface area contributed by atoms with E-state index in [2.05, 4.69) is 27.4 Å². The van der Waals surface area contributed by atoms with Crippen molar-refractivity contribution in [1.29, 1.82) is 0 Å². The third kappa shape index (κ3) is 2.35. The van der Waals surface area contributed by atoms with Crippen molar-refractivity contribution in [1.82, 2.24) is 0 Å². The van der Waals surface area contributed by atoms with Crippen LogP contribution in [0.25, 0.3) is 0 Å². The lowest BCUT2D eigenvalue weighted by Crippen LogP contribution is -2.35. The first-order valence-corrected chi connectivity index (χ1v) is 5.07. The van der Waals surface area contributed by atoms with Gasteiger partial charge in [0, 0.05) is 25.2 Å². The van der Waals surface area contributed by atoms with Gasteiger partial charge >= 0.3 is 0 Å². The van der Waals surface area contributed by atoms with E-state index in [0.717, 1.165) is 18.5 Å². The second-order valence-electron chi connectivity index (χ2n) is 3.47. The summed E-state index contributed by atoms with van der Waals surface area (Å²) in [6.45, 7) is 2.04. The number of hydrogen-bond acceptors (Lipinski definition) is 4. The van der Waals surface area contributed by atoms with E-state index >= 15 is 0 Å². The molecule has 1 aliphatic carbocycles. The highest BCUT2D eigenvalue weighted by Gasteiger charge is 2.25. The van der Waals surface area contributed by atoms with Gasteiger partial charge < -0.3 is 10.7 Å². The number of nitrogens with two attached hydrogens (primary N) is 1. The molecule has 0 heterocycles. The van der Waals surface area contributed by atoms with Gasteiger partial charge in [-0.2, -0.15) is 4.99 Å². The van der Waals surface area contributed by atoms with Crippen LogP contribution in [0.15, 0.2) is 21.3 Å². The van der Waals surface area contributed by atoms with E-state index in [9.17, 15) is 0 Å². The molecule has 2 atom stereocenters. The van der Waals surface area contributed by atoms with Gasteiger partial charge in [-0.25, -0.2) is 0 Å². The van der Waals surface area contributed by atoms with Gasteiger partial charge in [-0.3, -0.25) is 0 Å². The molecule has 0 aromatic heterocycles. The molecule has 3 nitrogen and oxygen atoms in total. The molecule has 0 spiro atoms. The van der Waals surface area contributed by atoms with E-state index in [4.69, 9.17) is 5.73 Å². The number of hydrogen-bond donors (Lipinski definition) is 1. The minimum atomic E-state index is 0.155. The Balaban J connectivity index is 3.01. The van der Waals surface area contributed by atoms with Crippen molar-refractivity contribution in [3.63, 3.8) is 0 Å². The number of nitrogens with zero attached hydrogens (tertiary/aromatic N) is 2. The third-order valence-corrected chi connectivity index (χ3v) is 2.71. The van der Waals surface area contributed by atoms with Crippen molar-refractivity contribution in [2.75, 3.05) is 7.05 Å². The van der Waals surface area contributed by atoms with Crippen LogP contribution in [0.1, 0.15) is 19.8 Å². The summed E-state index contributed by atoms with van der Waals surface area (Å²) in [5, 5.41) is 2.41. The van der Waals surface area contributed by atoms with Crippen LogP contribution >= 0.6 is 12.2 Å². The van der Waals surface area contributed by atoms with Crippen LogP contribution < -0.4 is 5.73 Å². The molecule has 14 heavy (non-hydrogen) atoms. The standard InChI is InChI=1S/C10H15N3S/c1-7-8(5-12-2)9(11)3-4-10(7)13-6-14/h5,8-9H,3-4,11H2,1-2H3. The maximum Gasteiger partial charge on any atom is 0.0637 e. The van der Waals surface area contributed by atoms with Crippen molar-refractivity contribution in [3.8, 4) is 0 Å². The Labute approximate surface area is 89.8 Å². The molecular weight excluding hydrogens is 194 g/mol. The minimum Gasteiger partial charge on any atom is -0.327 e. The molecule has 0 aliphatic heterocycles. The molecule has 76 valence electrons. The lowest BCUT2D eigenvalue weighted by atomic mass is 9.83. The van der Waals surface area contributed by atoms with Crippen LogP contribution in [0.3, 0.4) is 0 Å². The van der Waals surface area contributed by atoms with E-state index < -0.39 is 0 Å². The number of allylic oxidation sites excluding steroid dienone is 1. The lowest BCUT2D eigenvalue weighted by molar-refractivity contribution is 0.510. The van der Waals surface area contributed by atoms with Crippen molar-refractivity contribution < 1.29 is 0 Å². The van der Waals surface area contributed by atoms with Crippen molar-refractivity contribution >= 4 is 23.6 Å². The lowest BCUT2D eigenvalue weighted by Gasteiger charge is -2.27. The number of isothiocyanates is 1. The van der Waals surface area contributed by atoms with E-state index in [1.807, 2.05) is 13.1 Å². The summed E-state index contributed by atoms with van der Waals surface area (Å²) >= 11 is 4.60. The molecule has 1 aliphatic rings. The summed E-state index contributed by atoms with van der Waals surface area (Å²) in [5.41, 5.74) is 8.19. The van der Waals surface area contributed by atoms with Crippen LogP contribution in [0, 0.1) is 5.92 Å². The maximum atomic E-state index is 6.00. The van der Waals surface area contributed by atoms with Gasteiger partial charge in [-0.15, -0.1) is 0 Å². The molecule has 0 fully saturated rings. The number of aliphatic imine (C=N–C) groups is 2. The second kappa shape index (κ2) is 5.15. The molecular formula is C10H15N3S. The Morgan fingerprint density at radius 1 is 1.64 bits per heavy atom. The van der Waals surface area contributed by atoms with Gasteiger partial charge in [-0.05, 0) is 37.6 Å². The average molecular weight is 209 g/mol. The largest absolute Gasteiger partial charge is 0.327 e. The minimum absolute atomic E-state index is 0.155. The summed E-state index contributed by atoms with van der Waals surface area (Å²) in [5.74, 6) is 0.204. The molecule has 0 saturated heterocycles. The van der Waals surface area contributed by atoms with E-state index in [-0.39, 0.29) is 12.0 Å². The van der Waals surface area contributed by atoms with Gasteiger partial charge in [0.25, 0.3) is 0 Å². The van der Waals surface area contributed by atoms with Crippen molar-refractivity contribution in [2.45, 2.75) is 25.8 Å². The summed E-state index contributed by atoms with van der Waals surface area (Å²) in [4.78, 5) is 8.09. The highest BCUT2D eigenvalue weighted by molar-refractivity contribution is 7.78. The molecule has 4 heteroatoms. The van der Waals surface area contributed by atoms with Gasteiger partial charge in [-0.1, -0.05) is 0 Å². The van der Waals surface area contributed by atoms with E-state index in [1.165, 1.54) is 5.57 Å². The van der Waals surface area contributed by atoms with E-state index in [1.54, 1.807) is 7.05 Å².